The second-order valence-corrected chi connectivity index (χ2v) is 8.58. The lowest BCUT2D eigenvalue weighted by molar-refractivity contribution is -0.143. The Kier molecular flexibility index (Phi) is 6.51. The highest BCUT2D eigenvalue weighted by Crippen LogP contribution is 2.35. The molecule has 0 unspecified atom stereocenters. The van der Waals surface area contributed by atoms with Crippen molar-refractivity contribution in [2.75, 3.05) is 26.2 Å². The van der Waals surface area contributed by atoms with Crippen molar-refractivity contribution < 1.29 is 14.6 Å². The highest BCUT2D eigenvalue weighted by Gasteiger charge is 2.25. The van der Waals surface area contributed by atoms with Crippen LogP contribution in [-0.2, 0) is 9.53 Å². The Balaban J connectivity index is 1.64. The van der Waals surface area contributed by atoms with E-state index in [1.165, 1.54) is 20.9 Å². The van der Waals surface area contributed by atoms with Gasteiger partial charge in [0, 0.05) is 28.4 Å². The number of aryl methyl sites for hydroxylation is 2. The standard InChI is InChI=1S/C20H25NO3S2/c1-14-5-10-25-18(14)17(19-15(2)6-11-26-19)13-24-9-8-21-7-3-4-16(12-21)20(22)23/h5-6,10-11,13,16H,3-4,7-9,12H2,1-2H3,(H,22,23)/t16-/m1/s1. The van der Waals surface area contributed by atoms with E-state index in [1.54, 1.807) is 22.7 Å². The molecule has 1 N–H and O–H groups in total. The maximum atomic E-state index is 11.2. The van der Waals surface area contributed by atoms with Crippen LogP contribution in [0.2, 0.25) is 0 Å². The Morgan fingerprint density at radius 3 is 2.46 bits per heavy atom. The number of ether oxygens (including phenoxy) is 1. The molecule has 0 aliphatic carbocycles. The van der Waals surface area contributed by atoms with Crippen molar-refractivity contribution in [1.29, 1.82) is 0 Å². The summed E-state index contributed by atoms with van der Waals surface area (Å²) in [5.74, 6) is -0.920. The number of rotatable bonds is 7. The summed E-state index contributed by atoms with van der Waals surface area (Å²) < 4.78 is 5.91. The van der Waals surface area contributed by atoms with Crippen LogP contribution in [0.5, 0.6) is 0 Å². The van der Waals surface area contributed by atoms with Crippen LogP contribution >= 0.6 is 22.7 Å². The molecule has 3 heterocycles. The van der Waals surface area contributed by atoms with E-state index < -0.39 is 5.97 Å². The second kappa shape index (κ2) is 8.84. The fourth-order valence-electron chi connectivity index (χ4n) is 3.29. The molecule has 2 aromatic heterocycles. The third kappa shape index (κ3) is 4.55. The van der Waals surface area contributed by atoms with Crippen molar-refractivity contribution in [3.05, 3.63) is 50.0 Å². The lowest BCUT2D eigenvalue weighted by Crippen LogP contribution is -2.40. The van der Waals surface area contributed by atoms with Gasteiger partial charge in [-0.15, -0.1) is 22.7 Å². The molecule has 6 heteroatoms. The quantitative estimate of drug-likeness (QED) is 0.552. The molecule has 1 aliphatic heterocycles. The lowest BCUT2D eigenvalue weighted by Gasteiger charge is -2.30. The summed E-state index contributed by atoms with van der Waals surface area (Å²) in [6.07, 6.45) is 3.61. The zero-order valence-corrected chi connectivity index (χ0v) is 16.9. The minimum Gasteiger partial charge on any atom is -0.499 e. The number of piperidine rings is 1. The van der Waals surface area contributed by atoms with Gasteiger partial charge in [0.2, 0.25) is 0 Å². The molecule has 4 nitrogen and oxygen atoms in total. The molecule has 1 fully saturated rings. The van der Waals surface area contributed by atoms with E-state index in [-0.39, 0.29) is 5.92 Å². The zero-order valence-electron chi connectivity index (χ0n) is 15.2. The summed E-state index contributed by atoms with van der Waals surface area (Å²) in [5, 5.41) is 13.4. The molecular weight excluding hydrogens is 366 g/mol. The number of hydrogen-bond acceptors (Lipinski definition) is 5. The van der Waals surface area contributed by atoms with E-state index in [2.05, 4.69) is 41.6 Å². The SMILES string of the molecule is Cc1ccsc1C(=COCCN1CCC[C@@H](C(=O)O)C1)c1sccc1C. The number of hydrogen-bond donors (Lipinski definition) is 1. The van der Waals surface area contributed by atoms with E-state index in [0.717, 1.165) is 31.5 Å². The van der Waals surface area contributed by atoms with Crippen molar-refractivity contribution in [3.63, 3.8) is 0 Å². The van der Waals surface area contributed by atoms with E-state index in [9.17, 15) is 9.90 Å². The van der Waals surface area contributed by atoms with Gasteiger partial charge in [0.1, 0.15) is 6.61 Å². The number of nitrogens with zero attached hydrogens (tertiary/aromatic N) is 1. The van der Waals surface area contributed by atoms with Crippen LogP contribution in [0.4, 0.5) is 0 Å². The minimum atomic E-state index is -0.681. The summed E-state index contributed by atoms with van der Waals surface area (Å²) in [4.78, 5) is 15.9. The van der Waals surface area contributed by atoms with Crippen molar-refractivity contribution in [2.24, 2.45) is 5.92 Å². The summed E-state index contributed by atoms with van der Waals surface area (Å²) in [5.41, 5.74) is 3.67. The van der Waals surface area contributed by atoms with Gasteiger partial charge in [-0.05, 0) is 67.3 Å². The van der Waals surface area contributed by atoms with Crippen LogP contribution in [0.1, 0.15) is 33.7 Å². The molecule has 0 bridgehead atoms. The Morgan fingerprint density at radius 1 is 1.27 bits per heavy atom. The highest BCUT2D eigenvalue weighted by molar-refractivity contribution is 7.14. The van der Waals surface area contributed by atoms with Crippen LogP contribution < -0.4 is 0 Å². The Bertz CT molecular complexity index is 735. The normalized spacial score (nSPS) is 17.8. The number of carboxylic acids is 1. The van der Waals surface area contributed by atoms with E-state index in [1.807, 2.05) is 6.26 Å². The first kappa shape index (κ1) is 19.1. The molecule has 26 heavy (non-hydrogen) atoms. The first-order valence-electron chi connectivity index (χ1n) is 8.92. The van der Waals surface area contributed by atoms with E-state index in [0.29, 0.717) is 13.2 Å². The van der Waals surface area contributed by atoms with Crippen LogP contribution in [0.3, 0.4) is 0 Å². The van der Waals surface area contributed by atoms with E-state index >= 15 is 0 Å². The van der Waals surface area contributed by atoms with Gasteiger partial charge in [-0.25, -0.2) is 0 Å². The average molecular weight is 392 g/mol. The van der Waals surface area contributed by atoms with Gasteiger partial charge in [-0.2, -0.15) is 0 Å². The molecule has 3 rings (SSSR count). The van der Waals surface area contributed by atoms with Gasteiger partial charge in [0.15, 0.2) is 0 Å². The number of carboxylic acid groups (broad SMARTS) is 1. The zero-order chi connectivity index (χ0) is 18.5. The monoisotopic (exact) mass is 391 g/mol. The van der Waals surface area contributed by atoms with Crippen molar-refractivity contribution in [1.82, 2.24) is 4.90 Å². The summed E-state index contributed by atoms with van der Waals surface area (Å²) in [6, 6.07) is 4.27. The largest absolute Gasteiger partial charge is 0.499 e. The molecule has 1 aliphatic rings. The summed E-state index contributed by atoms with van der Waals surface area (Å²) >= 11 is 3.47. The third-order valence-corrected chi connectivity index (χ3v) is 6.89. The molecule has 2 aromatic rings. The maximum absolute atomic E-state index is 11.2. The van der Waals surface area contributed by atoms with Gasteiger partial charge in [-0.1, -0.05) is 0 Å². The minimum absolute atomic E-state index is 0.239. The molecular formula is C20H25NO3S2. The molecule has 140 valence electrons. The predicted octanol–water partition coefficient (Wildman–Crippen LogP) is 4.63. The number of aliphatic carboxylic acids is 1. The Labute approximate surface area is 162 Å². The second-order valence-electron chi connectivity index (χ2n) is 6.75. The maximum Gasteiger partial charge on any atom is 0.307 e. The summed E-state index contributed by atoms with van der Waals surface area (Å²) in [7, 11) is 0. The first-order chi connectivity index (χ1) is 12.6. The number of likely N-dealkylation sites (tertiary alicyclic amines) is 1. The van der Waals surface area contributed by atoms with Crippen LogP contribution in [0, 0.1) is 19.8 Å². The van der Waals surface area contributed by atoms with Crippen LogP contribution in [0.15, 0.2) is 29.2 Å². The molecule has 1 saturated heterocycles. The Hall–Kier alpha value is -1.63. The molecule has 0 spiro atoms. The van der Waals surface area contributed by atoms with Crippen molar-refractivity contribution in [3.8, 4) is 0 Å². The molecule has 0 amide bonds. The van der Waals surface area contributed by atoms with Gasteiger partial charge in [-0.3, -0.25) is 9.69 Å². The predicted molar refractivity (Wildman–Crippen MR) is 108 cm³/mol. The van der Waals surface area contributed by atoms with Crippen molar-refractivity contribution in [2.45, 2.75) is 26.7 Å². The number of thiophene rings is 2. The van der Waals surface area contributed by atoms with Gasteiger partial charge in [0.25, 0.3) is 0 Å². The molecule has 1 atom stereocenters. The third-order valence-electron chi connectivity index (χ3n) is 4.79. The topological polar surface area (TPSA) is 49.8 Å². The molecule has 0 aromatic carbocycles. The van der Waals surface area contributed by atoms with Crippen LogP contribution in [-0.4, -0.2) is 42.2 Å². The Morgan fingerprint density at radius 2 is 1.92 bits per heavy atom. The number of carbonyl (C=O) groups is 1. The fraction of sp³-hybridized carbons (Fsp3) is 0.450. The molecule has 0 radical (unpaired) electrons. The fourth-order valence-corrected chi connectivity index (χ4v) is 5.23. The smallest absolute Gasteiger partial charge is 0.307 e. The summed E-state index contributed by atoms with van der Waals surface area (Å²) in [6.45, 7) is 7.18. The first-order valence-corrected chi connectivity index (χ1v) is 10.7. The van der Waals surface area contributed by atoms with Crippen LogP contribution in [0.25, 0.3) is 5.57 Å². The van der Waals surface area contributed by atoms with Gasteiger partial charge < -0.3 is 9.84 Å². The van der Waals surface area contributed by atoms with Gasteiger partial charge >= 0.3 is 5.97 Å². The van der Waals surface area contributed by atoms with E-state index in [4.69, 9.17) is 4.74 Å². The van der Waals surface area contributed by atoms with Gasteiger partial charge in [0.05, 0.1) is 12.2 Å². The average Bonchev–Trinajstić information content (AvgIpc) is 3.24. The highest BCUT2D eigenvalue weighted by atomic mass is 32.1. The van der Waals surface area contributed by atoms with Crippen molar-refractivity contribution >= 4 is 34.2 Å². The lowest BCUT2D eigenvalue weighted by atomic mass is 9.98. The molecule has 0 saturated carbocycles.